The highest BCUT2D eigenvalue weighted by Crippen LogP contribution is 2.84. The smallest absolute Gasteiger partial charge is 0.313 e. The van der Waals surface area contributed by atoms with E-state index in [4.69, 9.17) is 14.2 Å². The molecule has 0 aromatic carbocycles. The zero-order chi connectivity index (χ0) is 15.9. The number of carbonyl (C=O) groups excluding carboxylic acids is 2. The molecule has 4 aliphatic carbocycles. The van der Waals surface area contributed by atoms with Gasteiger partial charge in [0.15, 0.2) is 5.79 Å². The molecule has 0 aromatic heterocycles. The molecule has 0 N–H and O–H groups in total. The van der Waals surface area contributed by atoms with Crippen LogP contribution in [0.15, 0.2) is 0 Å². The maximum absolute atomic E-state index is 12.8. The van der Waals surface area contributed by atoms with Crippen molar-refractivity contribution in [2.24, 2.45) is 28.6 Å². The van der Waals surface area contributed by atoms with Gasteiger partial charge in [-0.05, 0) is 39.0 Å². The molecule has 0 radical (unpaired) electrons. The Morgan fingerprint density at radius 1 is 1.36 bits per heavy atom. The van der Waals surface area contributed by atoms with Crippen molar-refractivity contribution in [3.05, 3.63) is 0 Å². The Hall–Kier alpha value is -0.940. The second kappa shape index (κ2) is 4.12. The van der Waals surface area contributed by atoms with Crippen LogP contribution in [0.3, 0.4) is 0 Å². The van der Waals surface area contributed by atoms with Crippen molar-refractivity contribution in [1.29, 1.82) is 0 Å². The Morgan fingerprint density at radius 3 is 2.64 bits per heavy atom. The van der Waals surface area contributed by atoms with Crippen LogP contribution in [0.1, 0.15) is 40.5 Å². The van der Waals surface area contributed by atoms with Crippen molar-refractivity contribution in [2.75, 3.05) is 13.2 Å². The highest BCUT2D eigenvalue weighted by molar-refractivity contribution is 6.03. The summed E-state index contributed by atoms with van der Waals surface area (Å²) in [6.45, 7) is 8.45. The van der Waals surface area contributed by atoms with Gasteiger partial charge in [-0.3, -0.25) is 9.59 Å². The molecule has 5 nitrogen and oxygen atoms in total. The molecule has 4 saturated carbocycles. The van der Waals surface area contributed by atoms with Crippen LogP contribution in [0.5, 0.6) is 0 Å². The first kappa shape index (κ1) is 14.6. The van der Waals surface area contributed by atoms with Crippen molar-refractivity contribution >= 4 is 11.8 Å². The molecule has 1 aliphatic heterocycles. The number of rotatable bonds is 3. The maximum Gasteiger partial charge on any atom is 0.313 e. The first-order chi connectivity index (χ1) is 10.3. The van der Waals surface area contributed by atoms with Crippen LogP contribution < -0.4 is 0 Å². The molecule has 5 heteroatoms. The molecule has 22 heavy (non-hydrogen) atoms. The second-order valence-corrected chi connectivity index (χ2v) is 7.88. The summed E-state index contributed by atoms with van der Waals surface area (Å²) < 4.78 is 17.1. The van der Waals surface area contributed by atoms with Crippen molar-refractivity contribution in [1.82, 2.24) is 0 Å². The van der Waals surface area contributed by atoms with Gasteiger partial charge in [0.2, 0.25) is 0 Å². The topological polar surface area (TPSA) is 61.8 Å². The standard InChI is InChI=1S/C17H24O5/c1-5-20-14(19)17-11(10-8-21-15(2,3)22-10)9-6-7-16(17,4)13(17)12(9)18/h9-11,13H,5-8H2,1-4H3/t9-,10+,11+,13-,16+,17-/m0/s1. The van der Waals surface area contributed by atoms with Crippen molar-refractivity contribution in [3.8, 4) is 0 Å². The Bertz CT molecular complexity index is 555. The summed E-state index contributed by atoms with van der Waals surface area (Å²) >= 11 is 0. The monoisotopic (exact) mass is 308 g/mol. The molecule has 5 rings (SSSR count). The van der Waals surface area contributed by atoms with Gasteiger partial charge in [0.1, 0.15) is 5.78 Å². The largest absolute Gasteiger partial charge is 0.466 e. The summed E-state index contributed by atoms with van der Waals surface area (Å²) in [5, 5.41) is 0. The number of Topliss-reactive ketones (excluding diaryl/α,β-unsaturated/α-hetero) is 1. The summed E-state index contributed by atoms with van der Waals surface area (Å²) in [6, 6.07) is 0. The molecule has 0 amide bonds. The number of esters is 1. The van der Waals surface area contributed by atoms with Crippen molar-refractivity contribution in [3.63, 3.8) is 0 Å². The van der Waals surface area contributed by atoms with E-state index in [1.807, 2.05) is 20.8 Å². The van der Waals surface area contributed by atoms with Gasteiger partial charge >= 0.3 is 5.97 Å². The molecule has 1 heterocycles. The predicted molar refractivity (Wildman–Crippen MR) is 76.8 cm³/mol. The quantitative estimate of drug-likeness (QED) is 0.746. The Kier molecular flexibility index (Phi) is 2.74. The zero-order valence-corrected chi connectivity index (χ0v) is 13.7. The fourth-order valence-electron chi connectivity index (χ4n) is 5.84. The minimum absolute atomic E-state index is 0.0706. The van der Waals surface area contributed by atoms with Gasteiger partial charge in [-0.1, -0.05) is 6.92 Å². The van der Waals surface area contributed by atoms with Gasteiger partial charge in [0, 0.05) is 17.8 Å². The minimum Gasteiger partial charge on any atom is -0.466 e. The first-order valence-corrected chi connectivity index (χ1v) is 8.32. The highest BCUT2D eigenvalue weighted by atomic mass is 16.7. The lowest BCUT2D eigenvalue weighted by molar-refractivity contribution is -0.171. The third-order valence-electron chi connectivity index (χ3n) is 6.58. The summed E-state index contributed by atoms with van der Waals surface area (Å²) in [5.41, 5.74) is -0.913. The lowest BCUT2D eigenvalue weighted by atomic mass is 9.64. The third-order valence-corrected chi connectivity index (χ3v) is 6.58. The van der Waals surface area contributed by atoms with Crippen LogP contribution in [-0.4, -0.2) is 36.9 Å². The third kappa shape index (κ3) is 1.42. The maximum atomic E-state index is 12.8. The van der Waals surface area contributed by atoms with Crippen LogP contribution >= 0.6 is 0 Å². The molecule has 1 saturated heterocycles. The summed E-state index contributed by atoms with van der Waals surface area (Å²) in [4.78, 5) is 25.6. The van der Waals surface area contributed by atoms with Crippen LogP contribution in [0.2, 0.25) is 0 Å². The zero-order valence-electron chi connectivity index (χ0n) is 13.7. The fourth-order valence-corrected chi connectivity index (χ4v) is 5.84. The molecule has 0 unspecified atom stereocenters. The lowest BCUT2D eigenvalue weighted by Gasteiger charge is -2.40. The van der Waals surface area contributed by atoms with Crippen LogP contribution in [0, 0.1) is 28.6 Å². The van der Waals surface area contributed by atoms with Gasteiger partial charge in [0.05, 0.1) is 24.7 Å². The Labute approximate surface area is 130 Å². The number of hydrogen-bond donors (Lipinski definition) is 0. The summed E-state index contributed by atoms with van der Waals surface area (Å²) in [5.74, 6) is -0.925. The Balaban J connectivity index is 1.74. The van der Waals surface area contributed by atoms with E-state index >= 15 is 0 Å². The molecule has 0 spiro atoms. The van der Waals surface area contributed by atoms with E-state index in [1.165, 1.54) is 0 Å². The van der Waals surface area contributed by atoms with E-state index in [0.29, 0.717) is 13.2 Å². The summed E-state index contributed by atoms with van der Waals surface area (Å²) in [7, 11) is 0. The van der Waals surface area contributed by atoms with E-state index < -0.39 is 11.2 Å². The van der Waals surface area contributed by atoms with Gasteiger partial charge in [-0.25, -0.2) is 0 Å². The van der Waals surface area contributed by atoms with Gasteiger partial charge in [0.25, 0.3) is 0 Å². The van der Waals surface area contributed by atoms with E-state index in [2.05, 4.69) is 6.92 Å². The van der Waals surface area contributed by atoms with E-state index in [-0.39, 0.29) is 41.0 Å². The molecule has 5 aliphatic rings. The van der Waals surface area contributed by atoms with Gasteiger partial charge < -0.3 is 14.2 Å². The number of ketones is 1. The predicted octanol–water partition coefficient (Wildman–Crippen LogP) is 1.93. The first-order valence-electron chi connectivity index (χ1n) is 8.32. The Morgan fingerprint density at radius 2 is 2.09 bits per heavy atom. The van der Waals surface area contributed by atoms with Crippen LogP contribution in [0.4, 0.5) is 0 Å². The summed E-state index contributed by atoms with van der Waals surface area (Å²) in [6.07, 6.45) is 1.60. The average molecular weight is 308 g/mol. The molecule has 5 fully saturated rings. The van der Waals surface area contributed by atoms with Crippen LogP contribution in [0.25, 0.3) is 0 Å². The van der Waals surface area contributed by atoms with Gasteiger partial charge in [-0.15, -0.1) is 0 Å². The molecule has 6 atom stereocenters. The molecular weight excluding hydrogens is 284 g/mol. The fraction of sp³-hybridized carbons (Fsp3) is 0.882. The van der Waals surface area contributed by atoms with Crippen molar-refractivity contribution in [2.45, 2.75) is 52.4 Å². The van der Waals surface area contributed by atoms with E-state index in [9.17, 15) is 9.59 Å². The highest BCUT2D eigenvalue weighted by Gasteiger charge is 2.91. The number of fused-ring (bicyclic) bond motifs is 1. The minimum atomic E-state index is -0.669. The van der Waals surface area contributed by atoms with E-state index in [0.717, 1.165) is 12.8 Å². The average Bonchev–Trinajstić information content (AvgIpc) is 2.69. The van der Waals surface area contributed by atoms with E-state index in [1.54, 1.807) is 0 Å². The van der Waals surface area contributed by atoms with Crippen LogP contribution in [-0.2, 0) is 23.8 Å². The normalized spacial score (nSPS) is 51.0. The number of carbonyl (C=O) groups is 2. The molecular formula is C17H24O5. The SMILES string of the molecule is CCOC(=O)[C@@]12[C@@H]([C@H]3COC(C)(C)O3)[C@@H]3CC[C@]1(C)[C@@H]2C3=O. The lowest BCUT2D eigenvalue weighted by Crippen LogP contribution is -2.47. The van der Waals surface area contributed by atoms with Crippen molar-refractivity contribution < 1.29 is 23.8 Å². The second-order valence-electron chi connectivity index (χ2n) is 7.88. The molecule has 0 aromatic rings. The number of ether oxygens (including phenoxy) is 3. The van der Waals surface area contributed by atoms with Gasteiger partial charge in [-0.2, -0.15) is 0 Å². The number of hydrogen-bond acceptors (Lipinski definition) is 5. The molecule has 122 valence electrons. The molecule has 4 bridgehead atoms.